The van der Waals surface area contributed by atoms with Gasteiger partial charge >= 0.3 is 0 Å². The summed E-state index contributed by atoms with van der Waals surface area (Å²) >= 11 is 0. The van der Waals surface area contributed by atoms with Gasteiger partial charge in [0.15, 0.2) is 0 Å². The van der Waals surface area contributed by atoms with E-state index in [0.29, 0.717) is 0 Å². The number of nitrogens with one attached hydrogen (secondary N) is 2. The van der Waals surface area contributed by atoms with Crippen LogP contribution in [0.1, 0.15) is 12.8 Å². The molecular weight excluding hydrogens is 204 g/mol. The molecule has 2 aliphatic rings. The van der Waals surface area contributed by atoms with Crippen LogP contribution in [0, 0.1) is 5.92 Å². The molecule has 0 aromatic carbocycles. The minimum Gasteiger partial charge on any atom is -0.316 e. The van der Waals surface area contributed by atoms with Crippen LogP contribution in [0.15, 0.2) is 0 Å². The third-order valence-corrected chi connectivity index (χ3v) is 3.44. The molecule has 0 unspecified atom stereocenters. The zero-order chi connectivity index (χ0) is 11.4. The van der Waals surface area contributed by atoms with E-state index < -0.39 is 0 Å². The standard InChI is InChI=1S/C11H22N4O/c1-14-5-7-15(8-6-14)13-11(16)10-3-2-4-12-9-10/h10,12H,2-9H2,1H3,(H,13,16)/t10-/m1/s1. The Morgan fingerprint density at radius 3 is 2.69 bits per heavy atom. The van der Waals surface area contributed by atoms with Crippen molar-refractivity contribution in [1.82, 2.24) is 20.7 Å². The summed E-state index contributed by atoms with van der Waals surface area (Å²) in [5.74, 6) is 0.352. The number of hydrazine groups is 1. The van der Waals surface area contributed by atoms with Crippen LogP contribution in [0.2, 0.25) is 0 Å². The zero-order valence-electron chi connectivity index (χ0n) is 10.0. The van der Waals surface area contributed by atoms with Crippen molar-refractivity contribution in [3.05, 3.63) is 0 Å². The molecule has 0 aromatic rings. The number of amides is 1. The largest absolute Gasteiger partial charge is 0.316 e. The average Bonchev–Trinajstić information content (AvgIpc) is 2.33. The van der Waals surface area contributed by atoms with Crippen LogP contribution < -0.4 is 10.7 Å². The summed E-state index contributed by atoms with van der Waals surface area (Å²) in [6.07, 6.45) is 2.13. The Bertz CT molecular complexity index is 232. The Kier molecular flexibility index (Phi) is 4.15. The highest BCUT2D eigenvalue weighted by Gasteiger charge is 2.23. The third kappa shape index (κ3) is 3.17. The van der Waals surface area contributed by atoms with E-state index in [1.165, 1.54) is 0 Å². The summed E-state index contributed by atoms with van der Waals surface area (Å²) in [6.45, 7) is 5.81. The highest BCUT2D eigenvalue weighted by Crippen LogP contribution is 2.10. The minimum atomic E-state index is 0.161. The number of rotatable bonds is 2. The predicted octanol–water partition coefficient (Wildman–Crippen LogP) is -0.735. The molecule has 92 valence electrons. The van der Waals surface area contributed by atoms with Crippen molar-refractivity contribution in [2.45, 2.75) is 12.8 Å². The van der Waals surface area contributed by atoms with E-state index >= 15 is 0 Å². The first-order chi connectivity index (χ1) is 7.75. The fourth-order valence-corrected chi connectivity index (χ4v) is 2.24. The number of carbonyl (C=O) groups excluding carboxylic acids is 1. The average molecular weight is 226 g/mol. The molecule has 5 heteroatoms. The van der Waals surface area contributed by atoms with E-state index in [4.69, 9.17) is 0 Å². The highest BCUT2D eigenvalue weighted by atomic mass is 16.2. The Balaban J connectivity index is 1.73. The Hall–Kier alpha value is -0.650. The number of likely N-dealkylation sites (N-methyl/N-ethyl adjacent to an activating group) is 1. The van der Waals surface area contributed by atoms with Gasteiger partial charge in [0.2, 0.25) is 5.91 Å². The summed E-state index contributed by atoms with van der Waals surface area (Å²) in [5, 5.41) is 5.32. The molecule has 0 spiro atoms. The molecule has 0 bridgehead atoms. The van der Waals surface area contributed by atoms with Crippen molar-refractivity contribution in [2.75, 3.05) is 46.3 Å². The molecular formula is C11H22N4O. The van der Waals surface area contributed by atoms with Crippen LogP contribution in [0.25, 0.3) is 0 Å². The number of piperazine rings is 1. The van der Waals surface area contributed by atoms with Crippen LogP contribution in [0.3, 0.4) is 0 Å². The molecule has 2 heterocycles. The third-order valence-electron chi connectivity index (χ3n) is 3.44. The van der Waals surface area contributed by atoms with E-state index in [-0.39, 0.29) is 11.8 Å². The second kappa shape index (κ2) is 5.61. The quantitative estimate of drug-likeness (QED) is 0.651. The van der Waals surface area contributed by atoms with Crippen LogP contribution in [-0.2, 0) is 4.79 Å². The Morgan fingerprint density at radius 2 is 2.06 bits per heavy atom. The molecule has 0 radical (unpaired) electrons. The number of hydrogen-bond donors (Lipinski definition) is 2. The molecule has 2 rings (SSSR count). The normalized spacial score (nSPS) is 28.9. The van der Waals surface area contributed by atoms with Gasteiger partial charge in [0, 0.05) is 32.7 Å². The van der Waals surface area contributed by atoms with Crippen molar-refractivity contribution >= 4 is 5.91 Å². The monoisotopic (exact) mass is 226 g/mol. The number of hydrogen-bond acceptors (Lipinski definition) is 4. The molecule has 2 saturated heterocycles. The maximum Gasteiger partial charge on any atom is 0.238 e. The molecule has 0 aliphatic carbocycles. The van der Waals surface area contributed by atoms with Gasteiger partial charge in [-0.3, -0.25) is 10.2 Å². The first-order valence-electron chi connectivity index (χ1n) is 6.20. The van der Waals surface area contributed by atoms with Crippen molar-refractivity contribution < 1.29 is 4.79 Å². The van der Waals surface area contributed by atoms with Gasteiger partial charge in [-0.2, -0.15) is 0 Å². The molecule has 0 saturated carbocycles. The van der Waals surface area contributed by atoms with Gasteiger partial charge in [-0.1, -0.05) is 0 Å². The lowest BCUT2D eigenvalue weighted by Gasteiger charge is -2.33. The lowest BCUT2D eigenvalue weighted by Crippen LogP contribution is -2.54. The lowest BCUT2D eigenvalue weighted by molar-refractivity contribution is -0.131. The van der Waals surface area contributed by atoms with Crippen LogP contribution in [0.5, 0.6) is 0 Å². The second-order valence-corrected chi connectivity index (χ2v) is 4.81. The van der Waals surface area contributed by atoms with Crippen molar-refractivity contribution in [3.63, 3.8) is 0 Å². The van der Waals surface area contributed by atoms with E-state index in [1.54, 1.807) is 0 Å². The summed E-state index contributed by atoms with van der Waals surface area (Å²) in [5.41, 5.74) is 3.04. The zero-order valence-corrected chi connectivity index (χ0v) is 10.0. The van der Waals surface area contributed by atoms with Gasteiger partial charge in [-0.25, -0.2) is 5.01 Å². The fraction of sp³-hybridized carbons (Fsp3) is 0.909. The summed E-state index contributed by atoms with van der Waals surface area (Å²) in [4.78, 5) is 14.2. The molecule has 2 aliphatic heterocycles. The van der Waals surface area contributed by atoms with Gasteiger partial charge < -0.3 is 10.2 Å². The van der Waals surface area contributed by atoms with Crippen molar-refractivity contribution in [1.29, 1.82) is 0 Å². The number of carbonyl (C=O) groups is 1. The Labute approximate surface area is 97.1 Å². The molecule has 1 atom stereocenters. The summed E-state index contributed by atoms with van der Waals surface area (Å²) in [6, 6.07) is 0. The fourth-order valence-electron chi connectivity index (χ4n) is 2.24. The van der Waals surface area contributed by atoms with Gasteiger partial charge in [-0.05, 0) is 26.4 Å². The molecule has 1 amide bonds. The van der Waals surface area contributed by atoms with Gasteiger partial charge in [0.1, 0.15) is 0 Å². The van der Waals surface area contributed by atoms with E-state index in [2.05, 4.69) is 27.7 Å². The first kappa shape index (κ1) is 11.8. The number of piperidine rings is 1. The predicted molar refractivity (Wildman–Crippen MR) is 62.8 cm³/mol. The maximum atomic E-state index is 11.9. The van der Waals surface area contributed by atoms with E-state index in [9.17, 15) is 4.79 Å². The summed E-state index contributed by atoms with van der Waals surface area (Å²) in [7, 11) is 2.12. The second-order valence-electron chi connectivity index (χ2n) is 4.81. The minimum absolute atomic E-state index is 0.161. The molecule has 2 fully saturated rings. The van der Waals surface area contributed by atoms with Crippen molar-refractivity contribution in [3.8, 4) is 0 Å². The van der Waals surface area contributed by atoms with Crippen LogP contribution in [-0.4, -0.2) is 62.1 Å². The van der Waals surface area contributed by atoms with Gasteiger partial charge in [0.05, 0.1) is 5.92 Å². The molecule has 5 nitrogen and oxygen atoms in total. The lowest BCUT2D eigenvalue weighted by atomic mass is 9.99. The molecule has 0 aromatic heterocycles. The number of nitrogens with zero attached hydrogens (tertiary/aromatic N) is 2. The maximum absolute atomic E-state index is 11.9. The van der Waals surface area contributed by atoms with Gasteiger partial charge in [0.25, 0.3) is 0 Å². The van der Waals surface area contributed by atoms with E-state index in [1.807, 2.05) is 0 Å². The SMILES string of the molecule is CN1CCN(NC(=O)[C@@H]2CCCNC2)CC1. The van der Waals surface area contributed by atoms with E-state index in [0.717, 1.165) is 52.1 Å². The van der Waals surface area contributed by atoms with Gasteiger partial charge in [-0.15, -0.1) is 0 Å². The van der Waals surface area contributed by atoms with Crippen molar-refractivity contribution in [2.24, 2.45) is 5.92 Å². The molecule has 2 N–H and O–H groups in total. The topological polar surface area (TPSA) is 47.6 Å². The highest BCUT2D eigenvalue weighted by molar-refractivity contribution is 5.78. The molecule has 16 heavy (non-hydrogen) atoms. The summed E-state index contributed by atoms with van der Waals surface area (Å²) < 4.78 is 0. The van der Waals surface area contributed by atoms with Crippen LogP contribution in [0.4, 0.5) is 0 Å². The Morgan fingerprint density at radius 1 is 1.31 bits per heavy atom. The van der Waals surface area contributed by atoms with Crippen LogP contribution >= 0.6 is 0 Å². The first-order valence-corrected chi connectivity index (χ1v) is 6.20. The smallest absolute Gasteiger partial charge is 0.238 e.